The largest absolute Gasteiger partial charge is 0.375 e. The Morgan fingerprint density at radius 2 is 1.05 bits per heavy atom. The standard InChI is InChI=1S/C18H36N2O/c1-15(2)13-19-9-5-17(6-10-19)21-18-7-11-20(12-8-18)14-16(3)4/h15-18H,5-14H2,1-4H3. The number of hydrogen-bond donors (Lipinski definition) is 0. The topological polar surface area (TPSA) is 15.7 Å². The molecule has 0 unspecified atom stereocenters. The highest BCUT2D eigenvalue weighted by Gasteiger charge is 2.26. The van der Waals surface area contributed by atoms with Crippen molar-refractivity contribution in [2.75, 3.05) is 39.3 Å². The molecule has 0 bridgehead atoms. The van der Waals surface area contributed by atoms with E-state index < -0.39 is 0 Å². The number of likely N-dealkylation sites (tertiary alicyclic amines) is 2. The minimum absolute atomic E-state index is 0.523. The highest BCUT2D eigenvalue weighted by molar-refractivity contribution is 4.78. The van der Waals surface area contributed by atoms with Crippen LogP contribution in [0, 0.1) is 11.8 Å². The molecule has 0 aromatic heterocycles. The first kappa shape index (κ1) is 17.2. The predicted molar refractivity (Wildman–Crippen MR) is 89.7 cm³/mol. The summed E-state index contributed by atoms with van der Waals surface area (Å²) in [6, 6.07) is 0. The van der Waals surface area contributed by atoms with Gasteiger partial charge in [-0.25, -0.2) is 0 Å². The molecule has 2 rings (SSSR count). The molecule has 124 valence electrons. The Morgan fingerprint density at radius 1 is 0.714 bits per heavy atom. The van der Waals surface area contributed by atoms with E-state index in [0.717, 1.165) is 11.8 Å². The molecule has 3 heteroatoms. The zero-order valence-corrected chi connectivity index (χ0v) is 14.7. The molecule has 0 N–H and O–H groups in total. The van der Waals surface area contributed by atoms with E-state index in [-0.39, 0.29) is 0 Å². The molecule has 3 nitrogen and oxygen atoms in total. The van der Waals surface area contributed by atoms with Gasteiger partial charge in [-0.2, -0.15) is 0 Å². The van der Waals surface area contributed by atoms with Gasteiger partial charge in [0.05, 0.1) is 12.2 Å². The molecule has 0 amide bonds. The molecular formula is C18H36N2O. The minimum atomic E-state index is 0.523. The second-order valence-electron chi connectivity index (χ2n) is 7.92. The van der Waals surface area contributed by atoms with Gasteiger partial charge >= 0.3 is 0 Å². The predicted octanol–water partition coefficient (Wildman–Crippen LogP) is 3.24. The van der Waals surface area contributed by atoms with E-state index in [9.17, 15) is 0 Å². The fraction of sp³-hybridized carbons (Fsp3) is 1.00. The first-order chi connectivity index (χ1) is 10.0. The van der Waals surface area contributed by atoms with Crippen LogP contribution in [0.5, 0.6) is 0 Å². The van der Waals surface area contributed by atoms with Crippen LogP contribution < -0.4 is 0 Å². The number of rotatable bonds is 6. The Labute approximate surface area is 132 Å². The summed E-state index contributed by atoms with van der Waals surface area (Å²) in [5.41, 5.74) is 0. The van der Waals surface area contributed by atoms with E-state index in [1.807, 2.05) is 0 Å². The van der Waals surface area contributed by atoms with Crippen molar-refractivity contribution < 1.29 is 4.74 Å². The highest BCUT2D eigenvalue weighted by Crippen LogP contribution is 2.21. The molecule has 21 heavy (non-hydrogen) atoms. The first-order valence-electron chi connectivity index (χ1n) is 9.13. The minimum Gasteiger partial charge on any atom is -0.375 e. The summed E-state index contributed by atoms with van der Waals surface area (Å²) in [6.07, 6.45) is 5.99. The molecule has 0 aromatic carbocycles. The Hall–Kier alpha value is -0.120. The van der Waals surface area contributed by atoms with Crippen molar-refractivity contribution in [3.63, 3.8) is 0 Å². The normalized spacial score (nSPS) is 24.3. The third kappa shape index (κ3) is 6.25. The quantitative estimate of drug-likeness (QED) is 0.748. The number of hydrogen-bond acceptors (Lipinski definition) is 3. The van der Waals surface area contributed by atoms with Crippen molar-refractivity contribution >= 4 is 0 Å². The van der Waals surface area contributed by atoms with Crippen LogP contribution in [0.25, 0.3) is 0 Å². The molecule has 0 atom stereocenters. The summed E-state index contributed by atoms with van der Waals surface area (Å²) in [5.74, 6) is 1.57. The monoisotopic (exact) mass is 296 g/mol. The van der Waals surface area contributed by atoms with Gasteiger partial charge in [0.15, 0.2) is 0 Å². The van der Waals surface area contributed by atoms with Gasteiger partial charge in [-0.05, 0) is 37.5 Å². The number of ether oxygens (including phenoxy) is 1. The van der Waals surface area contributed by atoms with Crippen molar-refractivity contribution in [2.45, 2.75) is 65.6 Å². The molecule has 0 aromatic rings. The van der Waals surface area contributed by atoms with Crippen molar-refractivity contribution in [3.05, 3.63) is 0 Å². The Bertz CT molecular complexity index is 249. The van der Waals surface area contributed by atoms with Crippen LogP contribution in [0.4, 0.5) is 0 Å². The van der Waals surface area contributed by atoms with Gasteiger partial charge in [-0.15, -0.1) is 0 Å². The molecular weight excluding hydrogens is 260 g/mol. The van der Waals surface area contributed by atoms with Crippen LogP contribution in [0.15, 0.2) is 0 Å². The van der Waals surface area contributed by atoms with Crippen molar-refractivity contribution in [1.82, 2.24) is 9.80 Å². The zero-order chi connectivity index (χ0) is 15.2. The Morgan fingerprint density at radius 3 is 1.33 bits per heavy atom. The van der Waals surface area contributed by atoms with E-state index in [4.69, 9.17) is 4.74 Å². The molecule has 0 radical (unpaired) electrons. The Balaban J connectivity index is 1.61. The summed E-state index contributed by atoms with van der Waals surface area (Å²) >= 11 is 0. The molecule has 0 spiro atoms. The van der Waals surface area contributed by atoms with Gasteiger partial charge in [0.2, 0.25) is 0 Å². The molecule has 2 aliphatic heterocycles. The lowest BCUT2D eigenvalue weighted by molar-refractivity contribution is -0.0663. The summed E-state index contributed by atoms with van der Waals surface area (Å²) in [4.78, 5) is 5.21. The zero-order valence-electron chi connectivity index (χ0n) is 14.7. The smallest absolute Gasteiger partial charge is 0.0603 e. The van der Waals surface area contributed by atoms with Gasteiger partial charge < -0.3 is 14.5 Å². The van der Waals surface area contributed by atoms with Crippen LogP contribution in [0.3, 0.4) is 0 Å². The fourth-order valence-corrected chi connectivity index (χ4v) is 3.76. The molecule has 2 fully saturated rings. The lowest BCUT2D eigenvalue weighted by Crippen LogP contribution is -2.43. The average molecular weight is 296 g/mol. The van der Waals surface area contributed by atoms with Gasteiger partial charge in [-0.1, -0.05) is 27.7 Å². The third-order valence-electron chi connectivity index (χ3n) is 4.70. The van der Waals surface area contributed by atoms with E-state index in [0.29, 0.717) is 12.2 Å². The number of piperidine rings is 2. The van der Waals surface area contributed by atoms with E-state index >= 15 is 0 Å². The summed E-state index contributed by atoms with van der Waals surface area (Å²) < 4.78 is 6.39. The molecule has 2 saturated heterocycles. The summed E-state index contributed by atoms with van der Waals surface area (Å²) in [7, 11) is 0. The Kier molecular flexibility index (Phi) is 6.97. The molecule has 2 aliphatic rings. The second-order valence-corrected chi connectivity index (χ2v) is 7.92. The third-order valence-corrected chi connectivity index (χ3v) is 4.70. The lowest BCUT2D eigenvalue weighted by Gasteiger charge is -2.37. The van der Waals surface area contributed by atoms with Gasteiger partial charge in [0, 0.05) is 39.3 Å². The van der Waals surface area contributed by atoms with Gasteiger partial charge in [0.25, 0.3) is 0 Å². The highest BCUT2D eigenvalue weighted by atomic mass is 16.5. The van der Waals surface area contributed by atoms with Crippen LogP contribution in [0.1, 0.15) is 53.4 Å². The lowest BCUT2D eigenvalue weighted by atomic mass is 10.0. The number of nitrogens with zero attached hydrogens (tertiary/aromatic N) is 2. The van der Waals surface area contributed by atoms with Crippen LogP contribution in [0.2, 0.25) is 0 Å². The fourth-order valence-electron chi connectivity index (χ4n) is 3.76. The maximum Gasteiger partial charge on any atom is 0.0603 e. The second kappa shape index (κ2) is 8.50. The first-order valence-corrected chi connectivity index (χ1v) is 9.13. The molecule has 0 aliphatic carbocycles. The summed E-state index contributed by atoms with van der Waals surface area (Å²) in [6.45, 7) is 16.7. The van der Waals surface area contributed by atoms with Crippen LogP contribution in [-0.2, 0) is 4.74 Å². The van der Waals surface area contributed by atoms with E-state index in [1.54, 1.807) is 0 Å². The van der Waals surface area contributed by atoms with Gasteiger partial charge in [-0.3, -0.25) is 0 Å². The van der Waals surface area contributed by atoms with Crippen LogP contribution >= 0.6 is 0 Å². The average Bonchev–Trinajstić information content (AvgIpc) is 2.42. The van der Waals surface area contributed by atoms with E-state index in [2.05, 4.69) is 37.5 Å². The maximum absolute atomic E-state index is 6.39. The molecule has 0 saturated carbocycles. The van der Waals surface area contributed by atoms with Crippen molar-refractivity contribution in [2.24, 2.45) is 11.8 Å². The van der Waals surface area contributed by atoms with Crippen molar-refractivity contribution in [1.29, 1.82) is 0 Å². The van der Waals surface area contributed by atoms with Gasteiger partial charge in [0.1, 0.15) is 0 Å². The van der Waals surface area contributed by atoms with Crippen molar-refractivity contribution in [3.8, 4) is 0 Å². The molecule has 2 heterocycles. The van der Waals surface area contributed by atoms with E-state index in [1.165, 1.54) is 65.0 Å². The maximum atomic E-state index is 6.39. The summed E-state index contributed by atoms with van der Waals surface area (Å²) in [5, 5.41) is 0. The SMILES string of the molecule is CC(C)CN1CCC(OC2CCN(CC(C)C)CC2)CC1. The van der Waals surface area contributed by atoms with Crippen LogP contribution in [-0.4, -0.2) is 61.3 Å².